The highest BCUT2D eigenvalue weighted by molar-refractivity contribution is 5.91. The van der Waals surface area contributed by atoms with Gasteiger partial charge in [0.15, 0.2) is 0 Å². The van der Waals surface area contributed by atoms with E-state index in [2.05, 4.69) is 0 Å². The van der Waals surface area contributed by atoms with Crippen LogP contribution in [0.4, 0.5) is 0 Å². The summed E-state index contributed by atoms with van der Waals surface area (Å²) in [7, 11) is 5.64. The molecule has 0 aliphatic rings. The minimum absolute atomic E-state index is 0.0448. The minimum Gasteiger partial charge on any atom is -0.428 e. The lowest BCUT2D eigenvalue weighted by Crippen LogP contribution is -2.38. The summed E-state index contributed by atoms with van der Waals surface area (Å²) in [4.78, 5) is 23.3. The van der Waals surface area contributed by atoms with Crippen molar-refractivity contribution in [1.29, 1.82) is 0 Å². The molecule has 2 atom stereocenters. The van der Waals surface area contributed by atoms with Crippen LogP contribution in [0.2, 0.25) is 0 Å². The first-order valence-corrected chi connectivity index (χ1v) is 6.46. The number of hydrogen-bond acceptors (Lipinski definition) is 8. The average Bonchev–Trinajstić information content (AvgIpc) is 2.45. The molecule has 0 aromatic heterocycles. The number of methoxy groups -OCH3 is 4. The van der Waals surface area contributed by atoms with Crippen LogP contribution in [0.5, 0.6) is 0 Å². The number of carbonyl (C=O) groups is 2. The van der Waals surface area contributed by atoms with Gasteiger partial charge in [0.1, 0.15) is 13.2 Å². The van der Waals surface area contributed by atoms with Gasteiger partial charge in [0.05, 0.1) is 0 Å². The molecular weight excluding hydrogens is 296 g/mol. The second-order valence-electron chi connectivity index (χ2n) is 4.72. The molecule has 0 aliphatic heterocycles. The van der Waals surface area contributed by atoms with Crippen LogP contribution in [-0.4, -0.2) is 65.2 Å². The largest absolute Gasteiger partial charge is 0.428 e. The second kappa shape index (κ2) is 9.52. The van der Waals surface area contributed by atoms with Crippen LogP contribution in [-0.2, 0) is 38.0 Å². The highest BCUT2D eigenvalue weighted by Crippen LogP contribution is 2.13. The van der Waals surface area contributed by atoms with Gasteiger partial charge in [-0.3, -0.25) is 0 Å². The van der Waals surface area contributed by atoms with Crippen molar-refractivity contribution in [3.63, 3.8) is 0 Å². The number of carbonyl (C=O) groups excluding carboxylic acids is 2. The van der Waals surface area contributed by atoms with Crippen molar-refractivity contribution in [3.05, 3.63) is 12.2 Å². The van der Waals surface area contributed by atoms with Crippen molar-refractivity contribution in [2.75, 3.05) is 41.7 Å². The first-order valence-electron chi connectivity index (χ1n) is 6.46. The summed E-state index contributed by atoms with van der Waals surface area (Å²) >= 11 is 0. The van der Waals surface area contributed by atoms with E-state index in [-0.39, 0.29) is 13.2 Å². The Morgan fingerprint density at radius 2 is 1.09 bits per heavy atom. The molecule has 0 bridgehead atoms. The summed E-state index contributed by atoms with van der Waals surface area (Å²) < 4.78 is 29.9. The number of ether oxygens (including phenoxy) is 6. The van der Waals surface area contributed by atoms with Crippen molar-refractivity contribution < 1.29 is 38.0 Å². The molecule has 0 heterocycles. The van der Waals surface area contributed by atoms with E-state index in [1.165, 1.54) is 42.3 Å². The van der Waals surface area contributed by atoms with Crippen LogP contribution in [0.15, 0.2) is 12.2 Å². The molecule has 2 unspecified atom stereocenters. The van der Waals surface area contributed by atoms with Gasteiger partial charge in [0.2, 0.25) is 11.6 Å². The molecule has 22 heavy (non-hydrogen) atoms. The average molecular weight is 320 g/mol. The van der Waals surface area contributed by atoms with Gasteiger partial charge >= 0.3 is 11.9 Å². The SMILES string of the molecule is COCC(C)(OC)OC(=O)/C=C\C(=O)OC(C)(COC)OC. The van der Waals surface area contributed by atoms with Gasteiger partial charge in [-0.25, -0.2) is 9.59 Å². The molecule has 0 aliphatic carbocycles. The molecule has 0 aromatic rings. The molecule has 8 nitrogen and oxygen atoms in total. The molecule has 0 saturated heterocycles. The number of hydrogen-bond donors (Lipinski definition) is 0. The monoisotopic (exact) mass is 320 g/mol. The lowest BCUT2D eigenvalue weighted by atomic mass is 10.3. The van der Waals surface area contributed by atoms with Gasteiger partial charge in [0.25, 0.3) is 0 Å². The minimum atomic E-state index is -1.24. The maximum absolute atomic E-state index is 11.6. The van der Waals surface area contributed by atoms with Gasteiger partial charge in [-0.05, 0) is 0 Å². The molecule has 0 amide bonds. The number of esters is 2. The molecule has 0 aromatic carbocycles. The van der Waals surface area contributed by atoms with E-state index >= 15 is 0 Å². The molecule has 0 fully saturated rings. The summed E-state index contributed by atoms with van der Waals surface area (Å²) in [6.45, 7) is 3.15. The third-order valence-corrected chi connectivity index (χ3v) is 2.67. The highest BCUT2D eigenvalue weighted by Gasteiger charge is 2.29. The first kappa shape index (κ1) is 20.5. The summed E-state index contributed by atoms with van der Waals surface area (Å²) in [5, 5.41) is 0. The maximum atomic E-state index is 11.6. The van der Waals surface area contributed by atoms with Gasteiger partial charge in [-0.15, -0.1) is 0 Å². The Morgan fingerprint density at radius 1 is 0.773 bits per heavy atom. The summed E-state index contributed by atoms with van der Waals surface area (Å²) in [5.74, 6) is -4.03. The van der Waals surface area contributed by atoms with E-state index in [1.54, 1.807) is 0 Å². The predicted octanol–water partition coefficient (Wildman–Crippen LogP) is 0.647. The normalized spacial score (nSPS) is 16.8. The molecule has 0 spiro atoms. The zero-order valence-electron chi connectivity index (χ0n) is 13.8. The van der Waals surface area contributed by atoms with E-state index in [4.69, 9.17) is 28.4 Å². The summed E-state index contributed by atoms with van der Waals surface area (Å²) in [6, 6.07) is 0. The first-order chi connectivity index (χ1) is 10.2. The quantitative estimate of drug-likeness (QED) is 0.329. The molecule has 0 rings (SSSR count). The van der Waals surface area contributed by atoms with Gasteiger partial charge < -0.3 is 28.4 Å². The fourth-order valence-corrected chi connectivity index (χ4v) is 1.41. The van der Waals surface area contributed by atoms with E-state index in [0.29, 0.717) is 0 Å². The molecule has 0 N–H and O–H groups in total. The highest BCUT2D eigenvalue weighted by atomic mass is 16.7. The van der Waals surface area contributed by atoms with E-state index in [9.17, 15) is 9.59 Å². The fourth-order valence-electron chi connectivity index (χ4n) is 1.41. The lowest BCUT2D eigenvalue weighted by Gasteiger charge is -2.26. The van der Waals surface area contributed by atoms with Crippen LogP contribution < -0.4 is 0 Å². The lowest BCUT2D eigenvalue weighted by molar-refractivity contribution is -0.227. The Kier molecular flexibility index (Phi) is 8.88. The van der Waals surface area contributed by atoms with Gasteiger partial charge in [-0.1, -0.05) is 0 Å². The zero-order chi connectivity index (χ0) is 17.2. The molecule has 0 saturated carbocycles. The fraction of sp³-hybridized carbons (Fsp3) is 0.714. The third kappa shape index (κ3) is 7.51. The molecule has 8 heteroatoms. The van der Waals surface area contributed by atoms with Crippen LogP contribution in [0.3, 0.4) is 0 Å². The van der Waals surface area contributed by atoms with E-state index in [1.807, 2.05) is 0 Å². The predicted molar refractivity (Wildman–Crippen MR) is 75.9 cm³/mol. The van der Waals surface area contributed by atoms with Crippen LogP contribution in [0.1, 0.15) is 13.8 Å². The summed E-state index contributed by atoms with van der Waals surface area (Å²) in [6.07, 6.45) is 1.86. The topological polar surface area (TPSA) is 89.5 Å². The van der Waals surface area contributed by atoms with Gasteiger partial charge in [0, 0.05) is 54.4 Å². The Labute approximate surface area is 130 Å². The van der Waals surface area contributed by atoms with Crippen molar-refractivity contribution in [3.8, 4) is 0 Å². The Morgan fingerprint density at radius 3 is 1.32 bits per heavy atom. The Hall–Kier alpha value is -1.48. The second-order valence-corrected chi connectivity index (χ2v) is 4.72. The van der Waals surface area contributed by atoms with Crippen molar-refractivity contribution >= 4 is 11.9 Å². The molecule has 0 radical (unpaired) electrons. The zero-order valence-corrected chi connectivity index (χ0v) is 13.8. The van der Waals surface area contributed by atoms with Crippen molar-refractivity contribution in [1.82, 2.24) is 0 Å². The Balaban J connectivity index is 4.57. The third-order valence-electron chi connectivity index (χ3n) is 2.67. The Bertz CT molecular complexity index is 358. The van der Waals surface area contributed by atoms with Crippen LogP contribution in [0.25, 0.3) is 0 Å². The van der Waals surface area contributed by atoms with E-state index < -0.39 is 23.5 Å². The van der Waals surface area contributed by atoms with Crippen molar-refractivity contribution in [2.24, 2.45) is 0 Å². The van der Waals surface area contributed by atoms with Crippen LogP contribution >= 0.6 is 0 Å². The van der Waals surface area contributed by atoms with Crippen LogP contribution in [0, 0.1) is 0 Å². The number of rotatable bonds is 10. The smallest absolute Gasteiger partial charge is 0.333 e. The van der Waals surface area contributed by atoms with E-state index in [0.717, 1.165) is 12.2 Å². The molecule has 128 valence electrons. The molecular formula is C14H24O8. The van der Waals surface area contributed by atoms with Gasteiger partial charge in [-0.2, -0.15) is 0 Å². The maximum Gasteiger partial charge on any atom is 0.333 e. The summed E-state index contributed by atoms with van der Waals surface area (Å²) in [5.41, 5.74) is 0. The van der Waals surface area contributed by atoms with Crippen molar-refractivity contribution in [2.45, 2.75) is 25.4 Å². The standard InChI is InChI=1S/C14H24O8/c1-13(19-5,9-17-3)21-11(15)7-8-12(16)22-14(2,20-6)10-18-4/h7-8H,9-10H2,1-6H3/b8-7-.